The molecule has 3 heterocycles. The maximum Gasteiger partial charge on any atom is 0.408 e. The van der Waals surface area contributed by atoms with Gasteiger partial charge in [0.05, 0.1) is 17.7 Å². The highest BCUT2D eigenvalue weighted by molar-refractivity contribution is 7.98. The van der Waals surface area contributed by atoms with E-state index in [0.717, 1.165) is 13.8 Å². The maximum absolute atomic E-state index is 15.2. The van der Waals surface area contributed by atoms with Crippen molar-refractivity contribution in [2.45, 2.75) is 48.9 Å². The first-order valence-electron chi connectivity index (χ1n) is 12.4. The number of halogens is 5. The molecule has 14 heteroatoms. The minimum atomic E-state index is -4.80. The Labute approximate surface area is 241 Å². The molecule has 3 atom stereocenters. The number of alkyl halides is 3. The first-order valence-corrected chi connectivity index (χ1v) is 13.7. The van der Waals surface area contributed by atoms with E-state index in [0.29, 0.717) is 31.5 Å². The molecule has 1 N–H and O–H groups in total. The third-order valence-corrected chi connectivity index (χ3v) is 8.60. The van der Waals surface area contributed by atoms with Gasteiger partial charge in [0, 0.05) is 29.3 Å². The van der Waals surface area contributed by atoms with E-state index < -0.39 is 67.0 Å². The highest BCUT2D eigenvalue weighted by Gasteiger charge is 2.51. The molecule has 5 rings (SSSR count). The molecule has 0 saturated carbocycles. The molecule has 0 radical (unpaired) electrons. The molecule has 1 amide bonds. The minimum Gasteiger partial charge on any atom is -0.456 e. The van der Waals surface area contributed by atoms with Crippen LogP contribution in [0.5, 0.6) is 0 Å². The van der Waals surface area contributed by atoms with Gasteiger partial charge in [-0.15, -0.1) is 11.8 Å². The zero-order valence-corrected chi connectivity index (χ0v) is 23.3. The van der Waals surface area contributed by atoms with Crippen molar-refractivity contribution in [3.63, 3.8) is 0 Å². The third kappa shape index (κ3) is 5.39. The summed E-state index contributed by atoms with van der Waals surface area (Å²) in [7, 11) is 0. The zero-order valence-electron chi connectivity index (χ0n) is 21.7. The van der Waals surface area contributed by atoms with Crippen LogP contribution in [0.4, 0.5) is 17.6 Å². The van der Waals surface area contributed by atoms with E-state index in [1.165, 1.54) is 46.2 Å². The Balaban J connectivity index is 1.73. The van der Waals surface area contributed by atoms with Crippen molar-refractivity contribution in [1.29, 1.82) is 0 Å². The van der Waals surface area contributed by atoms with Crippen molar-refractivity contribution >= 4 is 35.2 Å². The predicted octanol–water partition coefficient (Wildman–Crippen LogP) is 5.08. The van der Waals surface area contributed by atoms with E-state index in [9.17, 15) is 27.9 Å². The van der Waals surface area contributed by atoms with Gasteiger partial charge >= 0.3 is 12.1 Å². The van der Waals surface area contributed by atoms with E-state index in [2.05, 4.69) is 0 Å². The second kappa shape index (κ2) is 11.2. The van der Waals surface area contributed by atoms with Gasteiger partial charge in [-0.05, 0) is 36.3 Å². The molecule has 2 aromatic rings. The number of nitrogens with zero attached hydrogens (tertiary/aromatic N) is 3. The number of fused-ring (bicyclic) bond motifs is 3. The van der Waals surface area contributed by atoms with Crippen LogP contribution < -0.4 is 0 Å². The first-order chi connectivity index (χ1) is 19.4. The number of hydrogen-bond acceptors (Lipinski definition) is 8. The van der Waals surface area contributed by atoms with Gasteiger partial charge < -0.3 is 19.5 Å². The van der Waals surface area contributed by atoms with Crippen molar-refractivity contribution in [1.82, 2.24) is 14.9 Å². The molecule has 218 valence electrons. The second-order valence-corrected chi connectivity index (χ2v) is 10.9. The lowest BCUT2D eigenvalue weighted by molar-refractivity contribution is -0.204. The van der Waals surface area contributed by atoms with Gasteiger partial charge in [-0.3, -0.25) is 14.6 Å². The van der Waals surface area contributed by atoms with Gasteiger partial charge in [-0.25, -0.2) is 4.39 Å². The number of hydrazine groups is 1. The van der Waals surface area contributed by atoms with Crippen LogP contribution in [0, 0.1) is 5.82 Å². The SMILES string of the molecule is CC(=O)OCOC1=C2C(=O)N([C@H](C)C(F)(F)F)CN([C@H]3c4cccc(F)c4CSc4c(Cl)cccc43)N2C=CC1O. The van der Waals surface area contributed by atoms with Crippen molar-refractivity contribution < 1.29 is 41.7 Å². The summed E-state index contributed by atoms with van der Waals surface area (Å²) < 4.78 is 67.6. The predicted molar refractivity (Wildman–Crippen MR) is 140 cm³/mol. The quantitative estimate of drug-likeness (QED) is 0.284. The summed E-state index contributed by atoms with van der Waals surface area (Å²) in [5, 5.41) is 13.8. The number of carbonyl (C=O) groups excluding carboxylic acids is 2. The van der Waals surface area contributed by atoms with Crippen molar-refractivity contribution in [3.05, 3.63) is 87.7 Å². The fourth-order valence-corrected chi connectivity index (χ4v) is 6.43. The summed E-state index contributed by atoms with van der Waals surface area (Å²) in [6.07, 6.45) is -3.71. The normalized spacial score (nSPS) is 21.6. The smallest absolute Gasteiger partial charge is 0.408 e. The Kier molecular flexibility index (Phi) is 7.99. The van der Waals surface area contributed by atoms with E-state index in [1.54, 1.807) is 24.3 Å². The van der Waals surface area contributed by atoms with Crippen LogP contribution in [0.1, 0.15) is 36.6 Å². The molecule has 41 heavy (non-hydrogen) atoms. The number of hydrogen-bond donors (Lipinski definition) is 1. The largest absolute Gasteiger partial charge is 0.456 e. The van der Waals surface area contributed by atoms with Crippen molar-refractivity contribution in [3.8, 4) is 0 Å². The van der Waals surface area contributed by atoms with Crippen LogP contribution in [0.15, 0.2) is 65.0 Å². The van der Waals surface area contributed by atoms with Crippen LogP contribution >= 0.6 is 23.4 Å². The molecule has 3 aliphatic heterocycles. The van der Waals surface area contributed by atoms with Gasteiger partial charge in [-0.1, -0.05) is 35.9 Å². The van der Waals surface area contributed by atoms with Gasteiger partial charge in [-0.2, -0.15) is 18.2 Å². The Bertz CT molecular complexity index is 1400. The summed E-state index contributed by atoms with van der Waals surface area (Å²) in [5.74, 6) is -2.47. The fourth-order valence-electron chi connectivity index (χ4n) is 4.94. The molecule has 0 bridgehead atoms. The zero-order chi connectivity index (χ0) is 29.6. The molecule has 3 aliphatic rings. The van der Waals surface area contributed by atoms with E-state index >= 15 is 4.39 Å². The Hall–Kier alpha value is -3.26. The number of esters is 1. The fraction of sp³-hybridized carbons (Fsp3) is 0.333. The number of thioether (sulfide) groups is 1. The Morgan fingerprint density at radius 1 is 1.22 bits per heavy atom. The van der Waals surface area contributed by atoms with Crippen LogP contribution in [0.25, 0.3) is 0 Å². The molecule has 8 nitrogen and oxygen atoms in total. The highest BCUT2D eigenvalue weighted by Crippen LogP contribution is 2.48. The molecule has 1 saturated heterocycles. The standard InChI is InChI=1S/C27H24ClF4N3O5S/c1-14(27(30,31)32)33-12-35(34-10-9-21(37)24(23(34)26(33)38)40-13-39-15(2)36)22-16-5-4-8-20(29)18(16)11-41-25-17(22)6-3-7-19(25)28/h3-10,14,21-22,37H,11-13H2,1-2H3/t14-,21?,22+/m1/s1. The molecule has 0 aliphatic carbocycles. The number of aliphatic hydroxyl groups excluding tert-OH is 1. The van der Waals surface area contributed by atoms with Crippen molar-refractivity contribution in [2.24, 2.45) is 0 Å². The van der Waals surface area contributed by atoms with Crippen molar-refractivity contribution in [2.75, 3.05) is 13.5 Å². The van der Waals surface area contributed by atoms with Gasteiger partial charge in [0.2, 0.25) is 6.79 Å². The summed E-state index contributed by atoms with van der Waals surface area (Å²) in [6, 6.07) is 6.43. The Morgan fingerprint density at radius 2 is 1.93 bits per heavy atom. The lowest BCUT2D eigenvalue weighted by Gasteiger charge is -2.50. The number of benzene rings is 2. The highest BCUT2D eigenvalue weighted by atomic mass is 35.5. The number of ether oxygens (including phenoxy) is 2. The summed E-state index contributed by atoms with van der Waals surface area (Å²) >= 11 is 7.84. The number of carbonyl (C=O) groups is 2. The van der Waals surface area contributed by atoms with Crippen LogP contribution in [-0.2, 0) is 24.8 Å². The first kappa shape index (κ1) is 29.2. The summed E-state index contributed by atoms with van der Waals surface area (Å²) in [4.78, 5) is 26.2. The monoisotopic (exact) mass is 613 g/mol. The van der Waals surface area contributed by atoms with Crippen LogP contribution in [0.3, 0.4) is 0 Å². The van der Waals surface area contributed by atoms with Crippen LogP contribution in [-0.4, -0.2) is 63.7 Å². The number of amides is 1. The molecule has 0 aromatic heterocycles. The summed E-state index contributed by atoms with van der Waals surface area (Å²) in [5.41, 5.74) is 0.976. The molecule has 0 spiro atoms. The molecular weight excluding hydrogens is 590 g/mol. The third-order valence-electron chi connectivity index (χ3n) is 7.00. The number of aliphatic hydroxyl groups is 1. The van der Waals surface area contributed by atoms with Gasteiger partial charge in [0.1, 0.15) is 18.0 Å². The molecular formula is C27H24ClF4N3O5S. The molecule has 1 unspecified atom stereocenters. The van der Waals surface area contributed by atoms with Gasteiger partial charge in [0.15, 0.2) is 11.5 Å². The minimum absolute atomic E-state index is 0.207. The van der Waals surface area contributed by atoms with Crippen LogP contribution in [0.2, 0.25) is 5.02 Å². The van der Waals surface area contributed by atoms with E-state index in [-0.39, 0.29) is 5.75 Å². The summed E-state index contributed by atoms with van der Waals surface area (Å²) in [6.45, 7) is 0.718. The topological polar surface area (TPSA) is 82.6 Å². The Morgan fingerprint density at radius 3 is 2.63 bits per heavy atom. The molecule has 1 fully saturated rings. The maximum atomic E-state index is 15.2. The lowest BCUT2D eigenvalue weighted by atomic mass is 9.93. The van der Waals surface area contributed by atoms with Gasteiger partial charge in [0.25, 0.3) is 5.91 Å². The average molecular weight is 614 g/mol. The van der Waals surface area contributed by atoms with E-state index in [1.807, 2.05) is 0 Å². The average Bonchev–Trinajstić information content (AvgIpc) is 3.07. The lowest BCUT2D eigenvalue weighted by Crippen LogP contribution is -2.62. The number of rotatable bonds is 5. The molecule has 2 aromatic carbocycles. The van der Waals surface area contributed by atoms with E-state index in [4.69, 9.17) is 21.1 Å². The second-order valence-electron chi connectivity index (χ2n) is 9.47.